The lowest BCUT2D eigenvalue weighted by atomic mass is 10.00. The quantitative estimate of drug-likeness (QED) is 0.555. The number of carbonyl (C=O) groups is 2. The van der Waals surface area contributed by atoms with Crippen molar-refractivity contribution in [1.29, 1.82) is 0 Å². The smallest absolute Gasteiger partial charge is 0.254 e. The van der Waals surface area contributed by atoms with Crippen LogP contribution in [0.3, 0.4) is 0 Å². The van der Waals surface area contributed by atoms with E-state index in [1.807, 2.05) is 58.9 Å². The summed E-state index contributed by atoms with van der Waals surface area (Å²) in [6.07, 6.45) is 4.25. The molecule has 31 heavy (non-hydrogen) atoms. The largest absolute Gasteiger partial charge is 0.369 e. The number of rotatable bonds is 6. The van der Waals surface area contributed by atoms with Crippen LogP contribution in [0.1, 0.15) is 46.8 Å². The van der Waals surface area contributed by atoms with Crippen LogP contribution in [0.25, 0.3) is 16.6 Å². The third-order valence-electron chi connectivity index (χ3n) is 5.99. The van der Waals surface area contributed by atoms with Crippen molar-refractivity contribution in [2.75, 3.05) is 13.1 Å². The summed E-state index contributed by atoms with van der Waals surface area (Å²) >= 11 is 6.21. The van der Waals surface area contributed by atoms with Crippen molar-refractivity contribution in [1.82, 2.24) is 9.47 Å². The first kappa shape index (κ1) is 21.2. The van der Waals surface area contributed by atoms with E-state index in [4.69, 9.17) is 17.3 Å². The maximum Gasteiger partial charge on any atom is 0.254 e. The number of amides is 2. The van der Waals surface area contributed by atoms with Gasteiger partial charge in [0, 0.05) is 40.4 Å². The average Bonchev–Trinajstić information content (AvgIpc) is 3.39. The maximum absolute atomic E-state index is 12.9. The number of aromatic nitrogens is 1. The van der Waals surface area contributed by atoms with Gasteiger partial charge in [-0.1, -0.05) is 17.7 Å². The lowest BCUT2D eigenvalue weighted by Crippen LogP contribution is -2.28. The van der Waals surface area contributed by atoms with E-state index < -0.39 is 11.8 Å². The molecule has 0 spiro atoms. The van der Waals surface area contributed by atoms with Gasteiger partial charge in [-0.15, -0.1) is 6.58 Å². The summed E-state index contributed by atoms with van der Waals surface area (Å²) in [5, 5.41) is 1.55. The molecule has 1 atom stereocenters. The third-order valence-corrected chi connectivity index (χ3v) is 6.22. The van der Waals surface area contributed by atoms with Gasteiger partial charge >= 0.3 is 0 Å². The van der Waals surface area contributed by atoms with Crippen LogP contribution in [-0.2, 0) is 4.79 Å². The molecule has 5 nitrogen and oxygen atoms in total. The molecule has 2 aromatic carbocycles. The van der Waals surface area contributed by atoms with E-state index in [0.717, 1.165) is 53.8 Å². The molecule has 4 rings (SSSR count). The highest BCUT2D eigenvalue weighted by atomic mass is 35.5. The molecule has 2 N–H and O–H groups in total. The highest BCUT2D eigenvalue weighted by Gasteiger charge is 2.25. The summed E-state index contributed by atoms with van der Waals surface area (Å²) < 4.78 is 2.03. The minimum absolute atomic E-state index is 0.0765. The number of primary amides is 1. The fourth-order valence-corrected chi connectivity index (χ4v) is 4.60. The standard InChI is InChI=1S/C25H26ClN3O2/c1-3-6-21(24(27)30)23-15-17-14-18(26)7-10-22(17)29(23)19-8-9-20(16(2)13-19)25(31)28-11-4-5-12-28/h3,7-10,13-15,21H,1,4-6,11-12H2,2H3,(H2,27,30). The lowest BCUT2D eigenvalue weighted by Gasteiger charge is -2.19. The molecule has 1 aromatic heterocycles. The van der Waals surface area contributed by atoms with Crippen LogP contribution < -0.4 is 5.73 Å². The zero-order chi connectivity index (χ0) is 22.1. The van der Waals surface area contributed by atoms with E-state index in [1.54, 1.807) is 6.08 Å². The summed E-state index contributed by atoms with van der Waals surface area (Å²) in [5.74, 6) is -0.852. The van der Waals surface area contributed by atoms with Crippen molar-refractivity contribution in [3.05, 3.63) is 77.0 Å². The predicted octanol–water partition coefficient (Wildman–Crippen LogP) is 4.97. The molecule has 1 fully saturated rings. The zero-order valence-electron chi connectivity index (χ0n) is 17.6. The highest BCUT2D eigenvalue weighted by molar-refractivity contribution is 6.31. The van der Waals surface area contributed by atoms with Crippen LogP contribution in [0.15, 0.2) is 55.1 Å². The Morgan fingerprint density at radius 1 is 1.16 bits per heavy atom. The van der Waals surface area contributed by atoms with Gasteiger partial charge in [-0.2, -0.15) is 0 Å². The number of halogens is 1. The number of fused-ring (bicyclic) bond motifs is 1. The Morgan fingerprint density at radius 2 is 1.90 bits per heavy atom. The van der Waals surface area contributed by atoms with Gasteiger partial charge in [0.1, 0.15) is 0 Å². The molecule has 160 valence electrons. The van der Waals surface area contributed by atoms with Crippen molar-refractivity contribution in [2.24, 2.45) is 5.73 Å². The molecule has 0 saturated carbocycles. The molecular formula is C25H26ClN3O2. The van der Waals surface area contributed by atoms with E-state index in [9.17, 15) is 9.59 Å². The van der Waals surface area contributed by atoms with Gasteiger partial charge in [-0.25, -0.2) is 0 Å². The highest BCUT2D eigenvalue weighted by Crippen LogP contribution is 2.33. The molecule has 6 heteroatoms. The number of hydrogen-bond donors (Lipinski definition) is 1. The molecule has 2 amide bonds. The molecule has 1 saturated heterocycles. The van der Waals surface area contributed by atoms with Gasteiger partial charge in [-0.05, 0) is 74.2 Å². The van der Waals surface area contributed by atoms with E-state index in [0.29, 0.717) is 17.0 Å². The van der Waals surface area contributed by atoms with Gasteiger partial charge in [0.25, 0.3) is 5.91 Å². The number of nitrogens with two attached hydrogens (primary N) is 1. The summed E-state index contributed by atoms with van der Waals surface area (Å²) in [5.41, 5.74) is 9.93. The van der Waals surface area contributed by atoms with E-state index in [2.05, 4.69) is 6.58 Å². The molecule has 0 aliphatic carbocycles. The van der Waals surface area contributed by atoms with Crippen LogP contribution in [0.5, 0.6) is 0 Å². The molecule has 3 aromatic rings. The molecule has 1 aliphatic rings. The zero-order valence-corrected chi connectivity index (χ0v) is 18.4. The molecule has 0 radical (unpaired) electrons. The molecule has 1 aliphatic heterocycles. The maximum atomic E-state index is 12.9. The number of allylic oxidation sites excluding steroid dienone is 1. The fourth-order valence-electron chi connectivity index (χ4n) is 4.42. The van der Waals surface area contributed by atoms with E-state index in [1.165, 1.54) is 0 Å². The summed E-state index contributed by atoms with van der Waals surface area (Å²) in [4.78, 5) is 27.1. The minimum Gasteiger partial charge on any atom is -0.369 e. The Labute approximate surface area is 187 Å². The first-order valence-electron chi connectivity index (χ1n) is 10.5. The Hall–Kier alpha value is -3.05. The summed E-state index contributed by atoms with van der Waals surface area (Å²) in [7, 11) is 0. The number of benzene rings is 2. The topological polar surface area (TPSA) is 68.3 Å². The van der Waals surface area contributed by atoms with Crippen LogP contribution in [0.4, 0.5) is 0 Å². The van der Waals surface area contributed by atoms with Crippen LogP contribution in [-0.4, -0.2) is 34.4 Å². The van der Waals surface area contributed by atoms with Crippen molar-refractivity contribution >= 4 is 34.3 Å². The van der Waals surface area contributed by atoms with Crippen molar-refractivity contribution in [3.63, 3.8) is 0 Å². The summed E-state index contributed by atoms with van der Waals surface area (Å²) in [6.45, 7) is 7.36. The van der Waals surface area contributed by atoms with Crippen molar-refractivity contribution in [3.8, 4) is 5.69 Å². The molecule has 2 heterocycles. The third kappa shape index (κ3) is 3.98. The fraction of sp³-hybridized carbons (Fsp3) is 0.280. The Bertz CT molecular complexity index is 1170. The number of aryl methyl sites for hydroxylation is 1. The number of nitrogens with zero attached hydrogens (tertiary/aromatic N) is 2. The average molecular weight is 436 g/mol. The first-order chi connectivity index (χ1) is 14.9. The lowest BCUT2D eigenvalue weighted by molar-refractivity contribution is -0.119. The second-order valence-electron chi connectivity index (χ2n) is 8.09. The van der Waals surface area contributed by atoms with Crippen LogP contribution >= 0.6 is 11.6 Å². The number of hydrogen-bond acceptors (Lipinski definition) is 2. The SMILES string of the molecule is C=CCC(C(N)=O)c1cc2cc(Cl)ccc2n1-c1ccc(C(=O)N2CCCC2)c(C)c1. The molecule has 0 bridgehead atoms. The molecule has 1 unspecified atom stereocenters. The second kappa shape index (κ2) is 8.60. The Morgan fingerprint density at radius 3 is 2.55 bits per heavy atom. The first-order valence-corrected chi connectivity index (χ1v) is 10.9. The van der Waals surface area contributed by atoms with Gasteiger partial charge < -0.3 is 15.2 Å². The van der Waals surface area contributed by atoms with E-state index >= 15 is 0 Å². The molecular weight excluding hydrogens is 410 g/mol. The predicted molar refractivity (Wildman–Crippen MR) is 125 cm³/mol. The van der Waals surface area contributed by atoms with Gasteiger partial charge in [0.05, 0.1) is 11.4 Å². The Kier molecular flexibility index (Phi) is 5.88. The number of likely N-dealkylation sites (tertiary alicyclic amines) is 1. The monoisotopic (exact) mass is 435 g/mol. The second-order valence-corrected chi connectivity index (χ2v) is 8.52. The van der Waals surface area contributed by atoms with Gasteiger partial charge in [-0.3, -0.25) is 9.59 Å². The van der Waals surface area contributed by atoms with Gasteiger partial charge in [0.15, 0.2) is 0 Å². The number of carbonyl (C=O) groups excluding carboxylic acids is 2. The van der Waals surface area contributed by atoms with Crippen LogP contribution in [0.2, 0.25) is 5.02 Å². The van der Waals surface area contributed by atoms with Gasteiger partial charge in [0.2, 0.25) is 5.91 Å². The van der Waals surface area contributed by atoms with Crippen LogP contribution in [0, 0.1) is 6.92 Å². The van der Waals surface area contributed by atoms with Crippen molar-refractivity contribution in [2.45, 2.75) is 32.1 Å². The normalized spacial score (nSPS) is 14.7. The van der Waals surface area contributed by atoms with E-state index in [-0.39, 0.29) is 5.91 Å². The summed E-state index contributed by atoms with van der Waals surface area (Å²) in [6, 6.07) is 13.4. The Balaban J connectivity index is 1.85. The minimum atomic E-state index is -0.519. The van der Waals surface area contributed by atoms with Crippen molar-refractivity contribution < 1.29 is 9.59 Å².